The molecule has 0 spiro atoms. The predicted octanol–water partition coefficient (Wildman–Crippen LogP) is 4.47. The van der Waals surface area contributed by atoms with Crippen LogP contribution < -0.4 is 16.4 Å². The lowest BCUT2D eigenvalue weighted by Crippen LogP contribution is -2.59. The maximum Gasteiger partial charge on any atom is 0.408 e. The van der Waals surface area contributed by atoms with E-state index in [1.54, 1.807) is 71.9 Å². The van der Waals surface area contributed by atoms with Crippen molar-refractivity contribution in [1.29, 1.82) is 0 Å². The van der Waals surface area contributed by atoms with Crippen molar-refractivity contribution in [3.8, 4) is 5.75 Å². The summed E-state index contributed by atoms with van der Waals surface area (Å²) in [5.74, 6) is -2.30. The number of carbonyl (C=O) groups excluding carboxylic acids is 4. The second kappa shape index (κ2) is 12.8. The van der Waals surface area contributed by atoms with Crippen molar-refractivity contribution in [2.45, 2.75) is 91.5 Å². The Kier molecular flexibility index (Phi) is 10.3. The molecule has 0 fully saturated rings. The smallest absolute Gasteiger partial charge is 0.408 e. The van der Waals surface area contributed by atoms with Crippen LogP contribution in [0.3, 0.4) is 0 Å². The molecule has 10 heteroatoms. The standard InChI is InChI=1S/C30H42N4O6/c1-9-30(7,8)34(27(38)22(17-23(31)35)33-28(39)40-29(4,5)6)24(20-15-12-14-19(3)25(20)36)26(37)32-21-16-11-10-13-18(21)2/h10-16,22,24,36H,9,17H2,1-8H3,(H2,31,35)(H,32,37)(H,33,39). The molecular weight excluding hydrogens is 512 g/mol. The number of carbonyl (C=O) groups is 4. The molecule has 2 aromatic rings. The molecular formula is C30H42N4O6. The zero-order valence-corrected chi connectivity index (χ0v) is 24.6. The summed E-state index contributed by atoms with van der Waals surface area (Å²) in [7, 11) is 0. The highest BCUT2D eigenvalue weighted by molar-refractivity contribution is 6.00. The molecule has 2 unspecified atom stereocenters. The number of hydrogen-bond donors (Lipinski definition) is 4. The third kappa shape index (κ3) is 8.21. The lowest BCUT2D eigenvalue weighted by Gasteiger charge is -2.44. The highest BCUT2D eigenvalue weighted by Gasteiger charge is 2.44. The highest BCUT2D eigenvalue weighted by Crippen LogP contribution is 2.38. The minimum Gasteiger partial charge on any atom is -0.507 e. The molecule has 40 heavy (non-hydrogen) atoms. The van der Waals surface area contributed by atoms with Gasteiger partial charge in [0.05, 0.1) is 6.42 Å². The molecule has 0 radical (unpaired) electrons. The minimum absolute atomic E-state index is 0.149. The van der Waals surface area contributed by atoms with Crippen LogP contribution in [0.4, 0.5) is 10.5 Å². The molecule has 0 aliphatic rings. The van der Waals surface area contributed by atoms with Crippen molar-refractivity contribution in [2.75, 3.05) is 5.32 Å². The summed E-state index contributed by atoms with van der Waals surface area (Å²) >= 11 is 0. The molecule has 4 amide bonds. The maximum atomic E-state index is 14.3. The Balaban J connectivity index is 2.72. The number of anilines is 1. The molecule has 0 aliphatic heterocycles. The summed E-state index contributed by atoms with van der Waals surface area (Å²) < 4.78 is 5.32. The summed E-state index contributed by atoms with van der Waals surface area (Å²) in [6.45, 7) is 13.9. The van der Waals surface area contributed by atoms with Crippen LogP contribution in [0.25, 0.3) is 0 Å². The van der Waals surface area contributed by atoms with Crippen LogP contribution in [0.1, 0.15) is 77.1 Å². The fourth-order valence-electron chi connectivity index (χ4n) is 4.18. The van der Waals surface area contributed by atoms with Gasteiger partial charge >= 0.3 is 6.09 Å². The van der Waals surface area contributed by atoms with E-state index in [2.05, 4.69) is 10.6 Å². The Morgan fingerprint density at radius 3 is 2.12 bits per heavy atom. The first kappa shape index (κ1) is 32.1. The lowest BCUT2D eigenvalue weighted by atomic mass is 9.90. The zero-order valence-electron chi connectivity index (χ0n) is 24.6. The summed E-state index contributed by atoms with van der Waals surface area (Å²) in [5, 5.41) is 16.4. The number of para-hydroxylation sites is 2. The molecule has 2 atom stereocenters. The molecule has 0 heterocycles. The van der Waals surface area contributed by atoms with E-state index in [0.29, 0.717) is 17.7 Å². The SMILES string of the molecule is CCC(C)(C)N(C(=O)C(CC(N)=O)NC(=O)OC(C)(C)C)C(C(=O)Nc1ccccc1C)c1cccc(C)c1O. The molecule has 2 rings (SSSR count). The van der Waals surface area contributed by atoms with Gasteiger partial charge in [0.2, 0.25) is 11.8 Å². The summed E-state index contributed by atoms with van der Waals surface area (Å²) in [6, 6.07) is 9.35. The van der Waals surface area contributed by atoms with Gasteiger partial charge in [-0.2, -0.15) is 0 Å². The number of alkyl carbamates (subject to hydrolysis) is 1. The van der Waals surface area contributed by atoms with Crippen molar-refractivity contribution in [1.82, 2.24) is 10.2 Å². The van der Waals surface area contributed by atoms with E-state index in [1.165, 1.54) is 4.90 Å². The Labute approximate surface area is 236 Å². The Morgan fingerprint density at radius 1 is 0.975 bits per heavy atom. The third-order valence-corrected chi connectivity index (χ3v) is 6.62. The number of nitrogens with one attached hydrogen (secondary N) is 2. The Morgan fingerprint density at radius 2 is 1.57 bits per heavy atom. The Bertz CT molecular complexity index is 1250. The topological polar surface area (TPSA) is 151 Å². The molecule has 0 aromatic heterocycles. The van der Waals surface area contributed by atoms with Crippen molar-refractivity contribution >= 4 is 29.5 Å². The van der Waals surface area contributed by atoms with E-state index in [4.69, 9.17) is 10.5 Å². The second-order valence-electron chi connectivity index (χ2n) is 11.5. The summed E-state index contributed by atoms with van der Waals surface area (Å²) in [5.41, 5.74) is 5.65. The average molecular weight is 555 g/mol. The van der Waals surface area contributed by atoms with Crippen LogP contribution in [0.2, 0.25) is 0 Å². The minimum atomic E-state index is -1.43. The number of phenols is 1. The van der Waals surface area contributed by atoms with E-state index in [0.717, 1.165) is 5.56 Å². The number of nitrogens with two attached hydrogens (primary N) is 1. The number of ether oxygens (including phenoxy) is 1. The highest BCUT2D eigenvalue weighted by atomic mass is 16.6. The number of rotatable bonds is 10. The summed E-state index contributed by atoms with van der Waals surface area (Å²) in [6.07, 6.45) is -1.05. The Hall–Kier alpha value is -4.08. The number of aromatic hydroxyl groups is 1. The molecule has 2 aromatic carbocycles. The number of nitrogens with zero attached hydrogens (tertiary/aromatic N) is 1. The quantitative estimate of drug-likeness (QED) is 0.340. The molecule has 0 aliphatic carbocycles. The van der Waals surface area contributed by atoms with E-state index in [9.17, 15) is 24.3 Å². The lowest BCUT2D eigenvalue weighted by molar-refractivity contribution is -0.148. The molecule has 0 saturated heterocycles. The first-order valence-electron chi connectivity index (χ1n) is 13.2. The monoisotopic (exact) mass is 554 g/mol. The number of hydrogen-bond acceptors (Lipinski definition) is 6. The van der Waals surface area contributed by atoms with Crippen LogP contribution in [0, 0.1) is 13.8 Å². The van der Waals surface area contributed by atoms with E-state index in [1.807, 2.05) is 26.0 Å². The van der Waals surface area contributed by atoms with E-state index < -0.39 is 53.5 Å². The molecule has 5 N–H and O–H groups in total. The van der Waals surface area contributed by atoms with Crippen LogP contribution in [-0.4, -0.2) is 51.0 Å². The first-order valence-corrected chi connectivity index (χ1v) is 13.2. The van der Waals surface area contributed by atoms with Gasteiger partial charge in [-0.25, -0.2) is 4.79 Å². The van der Waals surface area contributed by atoms with Gasteiger partial charge in [-0.1, -0.05) is 43.3 Å². The van der Waals surface area contributed by atoms with Gasteiger partial charge in [0.25, 0.3) is 5.91 Å². The first-order chi connectivity index (χ1) is 18.5. The van der Waals surface area contributed by atoms with Gasteiger partial charge in [0.1, 0.15) is 23.4 Å². The van der Waals surface area contributed by atoms with Crippen molar-refractivity contribution in [3.63, 3.8) is 0 Å². The van der Waals surface area contributed by atoms with Crippen LogP contribution >= 0.6 is 0 Å². The maximum absolute atomic E-state index is 14.3. The van der Waals surface area contributed by atoms with Gasteiger partial charge in [-0.3, -0.25) is 14.4 Å². The van der Waals surface area contributed by atoms with Gasteiger partial charge in [-0.05, 0) is 72.1 Å². The van der Waals surface area contributed by atoms with Crippen molar-refractivity contribution < 1.29 is 29.0 Å². The van der Waals surface area contributed by atoms with Gasteiger partial charge in [-0.15, -0.1) is 0 Å². The average Bonchev–Trinajstić information content (AvgIpc) is 2.83. The van der Waals surface area contributed by atoms with E-state index >= 15 is 0 Å². The number of phenolic OH excluding ortho intramolecular Hbond substituents is 1. The largest absolute Gasteiger partial charge is 0.507 e. The van der Waals surface area contributed by atoms with Gasteiger partial charge in [0.15, 0.2) is 0 Å². The molecule has 10 nitrogen and oxygen atoms in total. The summed E-state index contributed by atoms with van der Waals surface area (Å²) in [4.78, 5) is 54.4. The van der Waals surface area contributed by atoms with Gasteiger partial charge < -0.3 is 31.1 Å². The molecule has 0 saturated carbocycles. The third-order valence-electron chi connectivity index (χ3n) is 6.62. The van der Waals surface area contributed by atoms with Crippen LogP contribution in [-0.2, 0) is 19.1 Å². The predicted molar refractivity (Wildman–Crippen MR) is 154 cm³/mol. The zero-order chi connectivity index (χ0) is 30.4. The number of primary amides is 1. The number of aryl methyl sites for hydroxylation is 2. The second-order valence-corrected chi connectivity index (χ2v) is 11.5. The van der Waals surface area contributed by atoms with Crippen LogP contribution in [0.15, 0.2) is 42.5 Å². The number of benzene rings is 2. The van der Waals surface area contributed by atoms with Crippen molar-refractivity contribution in [2.24, 2.45) is 5.73 Å². The molecule has 218 valence electrons. The molecule has 0 bridgehead atoms. The van der Waals surface area contributed by atoms with Gasteiger partial charge in [0, 0.05) is 16.8 Å². The fourth-order valence-corrected chi connectivity index (χ4v) is 4.18. The normalized spacial score (nSPS) is 13.1. The number of amides is 4. The van der Waals surface area contributed by atoms with Crippen molar-refractivity contribution in [3.05, 3.63) is 59.2 Å². The van der Waals surface area contributed by atoms with E-state index in [-0.39, 0.29) is 11.3 Å². The fraction of sp³-hybridized carbons (Fsp3) is 0.467. The van der Waals surface area contributed by atoms with Crippen LogP contribution in [0.5, 0.6) is 5.75 Å².